The molecule has 0 unspecified atom stereocenters. The van der Waals surface area contributed by atoms with Crippen molar-refractivity contribution in [3.63, 3.8) is 0 Å². The molecule has 1 aromatic rings. The molecule has 0 aromatic carbocycles. The number of hydrogen-bond acceptors (Lipinski definition) is 4. The van der Waals surface area contributed by atoms with E-state index < -0.39 is 10.0 Å². The Morgan fingerprint density at radius 1 is 1.35 bits per heavy atom. The minimum absolute atomic E-state index is 0.215. The summed E-state index contributed by atoms with van der Waals surface area (Å²) in [6.07, 6.45) is 3.63. The number of fused-ring (bicyclic) bond motifs is 1. The van der Waals surface area contributed by atoms with E-state index in [1.807, 2.05) is 6.07 Å². The van der Waals surface area contributed by atoms with E-state index in [0.717, 1.165) is 43.6 Å². The van der Waals surface area contributed by atoms with Crippen LogP contribution in [0.25, 0.3) is 0 Å². The maximum Gasteiger partial charge on any atom is 0.236 e. The molecule has 6 heteroatoms. The van der Waals surface area contributed by atoms with Crippen molar-refractivity contribution in [1.82, 2.24) is 4.98 Å². The Balaban J connectivity index is 1.84. The molecule has 17 heavy (non-hydrogen) atoms. The van der Waals surface area contributed by atoms with Crippen LogP contribution in [0, 0.1) is 0 Å². The third kappa shape index (κ3) is 2.22. The van der Waals surface area contributed by atoms with Crippen molar-refractivity contribution in [2.24, 2.45) is 0 Å². The molecule has 0 spiro atoms. The Morgan fingerprint density at radius 2 is 2.18 bits per heavy atom. The van der Waals surface area contributed by atoms with Crippen molar-refractivity contribution in [3.8, 4) is 0 Å². The van der Waals surface area contributed by atoms with E-state index in [1.54, 1.807) is 6.07 Å². The fourth-order valence-electron chi connectivity index (χ4n) is 1.99. The highest BCUT2D eigenvalue weighted by atomic mass is 32.2. The molecular weight excluding hydrogens is 238 g/mol. The van der Waals surface area contributed by atoms with Gasteiger partial charge >= 0.3 is 0 Å². The predicted octanol–water partition coefficient (Wildman–Crippen LogP) is 1.34. The summed E-state index contributed by atoms with van der Waals surface area (Å²) in [6, 6.07) is 3.69. The first-order chi connectivity index (χ1) is 8.15. The monoisotopic (exact) mass is 253 g/mol. The van der Waals surface area contributed by atoms with Gasteiger partial charge in [-0.15, -0.1) is 0 Å². The van der Waals surface area contributed by atoms with Crippen molar-refractivity contribution in [1.29, 1.82) is 0 Å². The minimum Gasteiger partial charge on any atom is -0.370 e. The van der Waals surface area contributed by atoms with E-state index in [2.05, 4.69) is 15.0 Å². The second kappa shape index (κ2) is 3.87. The van der Waals surface area contributed by atoms with Crippen LogP contribution in [0.4, 0.5) is 11.6 Å². The molecule has 92 valence electrons. The Kier molecular flexibility index (Phi) is 2.47. The van der Waals surface area contributed by atoms with Gasteiger partial charge < -0.3 is 5.32 Å². The van der Waals surface area contributed by atoms with Crippen LogP contribution >= 0.6 is 0 Å². The summed E-state index contributed by atoms with van der Waals surface area (Å²) in [6.45, 7) is 0.902. The first kappa shape index (κ1) is 10.8. The van der Waals surface area contributed by atoms with E-state index in [4.69, 9.17) is 0 Å². The molecule has 0 atom stereocenters. The number of rotatable bonds is 3. The fraction of sp³-hybridized carbons (Fsp3) is 0.545. The topological polar surface area (TPSA) is 71.1 Å². The summed E-state index contributed by atoms with van der Waals surface area (Å²) in [5.41, 5.74) is 1.16. The maximum atomic E-state index is 11.8. The van der Waals surface area contributed by atoms with Crippen LogP contribution in [-0.4, -0.2) is 25.2 Å². The van der Waals surface area contributed by atoms with Gasteiger partial charge in [0.15, 0.2) is 0 Å². The molecule has 0 radical (unpaired) electrons. The van der Waals surface area contributed by atoms with E-state index in [-0.39, 0.29) is 5.25 Å². The lowest BCUT2D eigenvalue weighted by Gasteiger charge is -2.17. The number of pyridine rings is 1. The minimum atomic E-state index is -3.21. The SMILES string of the molecule is O=S(=O)(Nc1ccc2c(n1)NCCC2)C1CC1. The molecule has 0 saturated heterocycles. The van der Waals surface area contributed by atoms with Crippen LogP contribution in [0.1, 0.15) is 24.8 Å². The molecule has 0 bridgehead atoms. The molecule has 1 aliphatic carbocycles. The lowest BCUT2D eigenvalue weighted by atomic mass is 10.1. The smallest absolute Gasteiger partial charge is 0.236 e. The Hall–Kier alpha value is -1.30. The Bertz CT molecular complexity index is 538. The molecule has 3 rings (SSSR count). The quantitative estimate of drug-likeness (QED) is 0.853. The third-order valence-electron chi connectivity index (χ3n) is 3.10. The largest absolute Gasteiger partial charge is 0.370 e. The number of sulfonamides is 1. The molecule has 1 fully saturated rings. The molecule has 2 aliphatic rings. The van der Waals surface area contributed by atoms with Gasteiger partial charge in [0.1, 0.15) is 11.6 Å². The lowest BCUT2D eigenvalue weighted by molar-refractivity contribution is 0.600. The summed E-state index contributed by atoms with van der Waals surface area (Å²) in [4.78, 5) is 4.31. The molecule has 0 amide bonds. The summed E-state index contributed by atoms with van der Waals surface area (Å²) in [5.74, 6) is 1.23. The molecular formula is C11H15N3O2S. The molecule has 2 N–H and O–H groups in total. The van der Waals surface area contributed by atoms with Gasteiger partial charge in [-0.25, -0.2) is 13.4 Å². The van der Waals surface area contributed by atoms with E-state index in [1.165, 1.54) is 0 Å². The van der Waals surface area contributed by atoms with Crippen molar-refractivity contribution in [2.45, 2.75) is 30.9 Å². The number of nitrogens with one attached hydrogen (secondary N) is 2. The molecule has 2 heterocycles. The number of nitrogens with zero attached hydrogens (tertiary/aromatic N) is 1. The van der Waals surface area contributed by atoms with Crippen LogP contribution in [0.2, 0.25) is 0 Å². The second-order valence-corrected chi connectivity index (χ2v) is 6.54. The van der Waals surface area contributed by atoms with Gasteiger partial charge in [-0.05, 0) is 37.3 Å². The summed E-state index contributed by atoms with van der Waals surface area (Å²) < 4.78 is 26.1. The lowest BCUT2D eigenvalue weighted by Crippen LogP contribution is -2.19. The van der Waals surface area contributed by atoms with E-state index in [0.29, 0.717) is 5.82 Å². The molecule has 1 aromatic heterocycles. The second-order valence-electron chi connectivity index (χ2n) is 4.58. The number of hydrogen-bond donors (Lipinski definition) is 2. The normalized spacial score (nSPS) is 19.3. The average molecular weight is 253 g/mol. The van der Waals surface area contributed by atoms with Crippen molar-refractivity contribution in [3.05, 3.63) is 17.7 Å². The van der Waals surface area contributed by atoms with Crippen molar-refractivity contribution in [2.75, 3.05) is 16.6 Å². The summed E-state index contributed by atoms with van der Waals surface area (Å²) in [7, 11) is -3.21. The first-order valence-corrected chi connectivity index (χ1v) is 7.45. The highest BCUT2D eigenvalue weighted by Crippen LogP contribution is 2.30. The van der Waals surface area contributed by atoms with Gasteiger partial charge in [0.2, 0.25) is 10.0 Å². The number of anilines is 2. The summed E-state index contributed by atoms with van der Waals surface area (Å²) in [5, 5.41) is 2.97. The average Bonchev–Trinajstić information content (AvgIpc) is 3.12. The first-order valence-electron chi connectivity index (χ1n) is 5.90. The molecule has 5 nitrogen and oxygen atoms in total. The Morgan fingerprint density at radius 3 is 2.94 bits per heavy atom. The van der Waals surface area contributed by atoms with Gasteiger partial charge in [-0.2, -0.15) is 0 Å². The van der Waals surface area contributed by atoms with E-state index >= 15 is 0 Å². The third-order valence-corrected chi connectivity index (χ3v) is 4.95. The number of aryl methyl sites for hydroxylation is 1. The molecule has 1 aliphatic heterocycles. The van der Waals surface area contributed by atoms with Gasteiger partial charge in [0.25, 0.3) is 0 Å². The van der Waals surface area contributed by atoms with Gasteiger partial charge in [-0.1, -0.05) is 6.07 Å². The van der Waals surface area contributed by atoms with Gasteiger partial charge in [0, 0.05) is 6.54 Å². The highest BCUT2D eigenvalue weighted by molar-refractivity contribution is 7.93. The fourth-order valence-corrected chi connectivity index (χ4v) is 3.32. The van der Waals surface area contributed by atoms with Crippen LogP contribution in [0.15, 0.2) is 12.1 Å². The Labute approximate surface area is 101 Å². The van der Waals surface area contributed by atoms with E-state index in [9.17, 15) is 8.42 Å². The van der Waals surface area contributed by atoms with Crippen LogP contribution < -0.4 is 10.0 Å². The summed E-state index contributed by atoms with van der Waals surface area (Å²) >= 11 is 0. The predicted molar refractivity (Wildman–Crippen MR) is 66.6 cm³/mol. The van der Waals surface area contributed by atoms with Crippen LogP contribution in [-0.2, 0) is 16.4 Å². The van der Waals surface area contributed by atoms with Crippen LogP contribution in [0.3, 0.4) is 0 Å². The van der Waals surface area contributed by atoms with Gasteiger partial charge in [0.05, 0.1) is 5.25 Å². The maximum absolute atomic E-state index is 11.8. The molecule has 1 saturated carbocycles. The number of aromatic nitrogens is 1. The zero-order valence-electron chi connectivity index (χ0n) is 9.44. The van der Waals surface area contributed by atoms with Gasteiger partial charge in [-0.3, -0.25) is 4.72 Å². The van der Waals surface area contributed by atoms with Crippen LogP contribution in [0.5, 0.6) is 0 Å². The van der Waals surface area contributed by atoms with Crippen molar-refractivity contribution < 1.29 is 8.42 Å². The standard InChI is InChI=1S/C11H15N3O2S/c15-17(16,9-4-5-9)14-10-6-3-8-2-1-7-12-11(8)13-10/h3,6,9H,1-2,4-5,7H2,(H2,12,13,14). The zero-order chi connectivity index (χ0) is 11.9. The highest BCUT2D eigenvalue weighted by Gasteiger charge is 2.36. The van der Waals surface area contributed by atoms with Crippen molar-refractivity contribution >= 4 is 21.7 Å². The zero-order valence-corrected chi connectivity index (χ0v) is 10.3.